The molecule has 0 bridgehead atoms. The second kappa shape index (κ2) is 10.0. The molecule has 0 spiro atoms. The van der Waals surface area contributed by atoms with Gasteiger partial charge < -0.3 is 20.6 Å². The van der Waals surface area contributed by atoms with E-state index in [0.29, 0.717) is 24.9 Å². The Hall–Kier alpha value is -3.45. The molecule has 1 aromatic heterocycles. The minimum absolute atomic E-state index is 0.267. The van der Waals surface area contributed by atoms with Crippen LogP contribution < -0.4 is 15.5 Å². The Kier molecular flexibility index (Phi) is 6.74. The van der Waals surface area contributed by atoms with Gasteiger partial charge in [0.05, 0.1) is 0 Å². The van der Waals surface area contributed by atoms with E-state index in [-0.39, 0.29) is 11.6 Å². The van der Waals surface area contributed by atoms with Crippen LogP contribution in [-0.2, 0) is 6.54 Å². The second-order valence-corrected chi connectivity index (χ2v) is 7.76. The molecule has 0 atom stereocenters. The molecule has 2 aromatic carbocycles. The van der Waals surface area contributed by atoms with Gasteiger partial charge in [0.2, 0.25) is 0 Å². The van der Waals surface area contributed by atoms with Crippen LogP contribution in [0.3, 0.4) is 0 Å². The van der Waals surface area contributed by atoms with Gasteiger partial charge in [-0.1, -0.05) is 30.3 Å². The first-order valence-corrected chi connectivity index (χ1v) is 10.6. The van der Waals surface area contributed by atoms with Gasteiger partial charge in [-0.05, 0) is 60.7 Å². The summed E-state index contributed by atoms with van der Waals surface area (Å²) in [6.45, 7) is 2.89. The number of piperidine rings is 1. The number of nitrogens with one attached hydrogen (secondary N) is 2. The molecule has 3 aromatic rings. The summed E-state index contributed by atoms with van der Waals surface area (Å²) in [4.78, 5) is 14.6. The molecular formula is C24H27N5O2. The van der Waals surface area contributed by atoms with Gasteiger partial charge in [0.15, 0.2) is 5.69 Å². The predicted molar refractivity (Wildman–Crippen MR) is 122 cm³/mol. The molecule has 160 valence electrons. The topological polar surface area (TPSA) is 90.4 Å². The lowest BCUT2D eigenvalue weighted by atomic mass is 9.97. The van der Waals surface area contributed by atoms with Crippen LogP contribution in [0.25, 0.3) is 0 Å². The third kappa shape index (κ3) is 5.58. The first-order valence-electron chi connectivity index (χ1n) is 10.6. The molecule has 7 nitrogen and oxygen atoms in total. The maximum atomic E-state index is 12.3. The van der Waals surface area contributed by atoms with Crippen molar-refractivity contribution in [3.63, 3.8) is 0 Å². The van der Waals surface area contributed by atoms with Crippen molar-refractivity contribution in [3.05, 3.63) is 78.0 Å². The van der Waals surface area contributed by atoms with Crippen LogP contribution in [0.2, 0.25) is 0 Å². The van der Waals surface area contributed by atoms with Crippen LogP contribution >= 0.6 is 0 Å². The van der Waals surface area contributed by atoms with E-state index in [1.54, 1.807) is 12.1 Å². The molecule has 1 aliphatic rings. The summed E-state index contributed by atoms with van der Waals surface area (Å²) in [6.07, 6.45) is 2.08. The third-order valence-corrected chi connectivity index (χ3v) is 5.58. The molecule has 0 saturated carbocycles. The van der Waals surface area contributed by atoms with E-state index < -0.39 is 0 Å². The van der Waals surface area contributed by atoms with Crippen LogP contribution in [0.15, 0.2) is 66.7 Å². The summed E-state index contributed by atoms with van der Waals surface area (Å²) < 4.78 is 0. The molecule has 4 rings (SSSR count). The number of hydrogen-bond donors (Lipinski definition) is 3. The van der Waals surface area contributed by atoms with Gasteiger partial charge in [0.1, 0.15) is 5.82 Å². The van der Waals surface area contributed by atoms with Crippen molar-refractivity contribution in [2.75, 3.05) is 35.2 Å². The number of rotatable bonds is 7. The number of amides is 1. The highest BCUT2D eigenvalue weighted by molar-refractivity contribution is 6.02. The number of aliphatic hydroxyl groups is 1. The molecule has 2 heterocycles. The summed E-state index contributed by atoms with van der Waals surface area (Å²) >= 11 is 0. The number of benzene rings is 2. The summed E-state index contributed by atoms with van der Waals surface area (Å²) in [6, 6.07) is 21.2. The Morgan fingerprint density at radius 1 is 0.968 bits per heavy atom. The van der Waals surface area contributed by atoms with E-state index in [2.05, 4.69) is 50.0 Å². The average Bonchev–Trinajstić information content (AvgIpc) is 2.84. The summed E-state index contributed by atoms with van der Waals surface area (Å²) in [7, 11) is 0. The SMILES string of the molecule is O=C(Nc1ccccc1)c1ccc(NCc2ccc(N3CCC(CO)CC3)cc2)nn1. The second-order valence-electron chi connectivity index (χ2n) is 7.76. The fourth-order valence-corrected chi connectivity index (χ4v) is 3.66. The van der Waals surface area contributed by atoms with Crippen molar-refractivity contribution in [1.82, 2.24) is 10.2 Å². The van der Waals surface area contributed by atoms with E-state index in [9.17, 15) is 9.90 Å². The molecular weight excluding hydrogens is 390 g/mol. The van der Waals surface area contributed by atoms with Crippen LogP contribution in [0, 0.1) is 5.92 Å². The number of carbonyl (C=O) groups excluding carboxylic acids is 1. The lowest BCUT2D eigenvalue weighted by molar-refractivity contribution is 0.102. The quantitative estimate of drug-likeness (QED) is 0.545. The number of aromatic nitrogens is 2. The average molecular weight is 418 g/mol. The maximum absolute atomic E-state index is 12.3. The van der Waals surface area contributed by atoms with Gasteiger partial charge in [-0.15, -0.1) is 10.2 Å². The van der Waals surface area contributed by atoms with Crippen LogP contribution in [-0.4, -0.2) is 40.9 Å². The molecule has 31 heavy (non-hydrogen) atoms. The van der Waals surface area contributed by atoms with Gasteiger partial charge in [-0.3, -0.25) is 4.79 Å². The number of hydrogen-bond acceptors (Lipinski definition) is 6. The number of aliphatic hydroxyl groups excluding tert-OH is 1. The van der Waals surface area contributed by atoms with E-state index in [0.717, 1.165) is 37.2 Å². The number of anilines is 3. The zero-order chi connectivity index (χ0) is 21.5. The number of nitrogens with zero attached hydrogens (tertiary/aromatic N) is 3. The smallest absolute Gasteiger partial charge is 0.276 e. The predicted octanol–water partition coefficient (Wildman–Crippen LogP) is 3.55. The Labute approximate surface area is 182 Å². The Balaban J connectivity index is 1.28. The van der Waals surface area contributed by atoms with Gasteiger partial charge in [-0.2, -0.15) is 0 Å². The van der Waals surface area contributed by atoms with Gasteiger partial charge >= 0.3 is 0 Å². The standard InChI is InChI=1S/C24H27N5O2/c30-17-19-12-14-29(15-13-19)21-8-6-18(7-9-21)16-25-23-11-10-22(27-28-23)24(31)26-20-4-2-1-3-5-20/h1-11,19,30H,12-17H2,(H,25,28)(H,26,31). The Morgan fingerprint density at radius 3 is 2.35 bits per heavy atom. The zero-order valence-corrected chi connectivity index (χ0v) is 17.4. The molecule has 1 aliphatic heterocycles. The Morgan fingerprint density at radius 2 is 1.71 bits per heavy atom. The molecule has 1 fully saturated rings. The monoisotopic (exact) mass is 417 g/mol. The highest BCUT2D eigenvalue weighted by Crippen LogP contribution is 2.23. The molecule has 0 radical (unpaired) electrons. The van der Waals surface area contributed by atoms with Crippen molar-refractivity contribution < 1.29 is 9.90 Å². The maximum Gasteiger partial charge on any atom is 0.276 e. The third-order valence-electron chi connectivity index (χ3n) is 5.58. The van der Waals surface area contributed by atoms with Crippen molar-refractivity contribution in [2.24, 2.45) is 5.92 Å². The zero-order valence-electron chi connectivity index (χ0n) is 17.4. The first kappa shape index (κ1) is 20.8. The van der Waals surface area contributed by atoms with Crippen LogP contribution in [0.4, 0.5) is 17.2 Å². The normalized spacial score (nSPS) is 14.3. The molecule has 0 aliphatic carbocycles. The van der Waals surface area contributed by atoms with E-state index in [4.69, 9.17) is 0 Å². The van der Waals surface area contributed by atoms with Gasteiger partial charge in [0.25, 0.3) is 5.91 Å². The molecule has 1 amide bonds. The lowest BCUT2D eigenvalue weighted by Gasteiger charge is -2.33. The Bertz CT molecular complexity index is 969. The van der Waals surface area contributed by atoms with Gasteiger partial charge in [-0.25, -0.2) is 0 Å². The van der Waals surface area contributed by atoms with E-state index >= 15 is 0 Å². The summed E-state index contributed by atoms with van der Waals surface area (Å²) in [5.74, 6) is 0.770. The molecule has 1 saturated heterocycles. The van der Waals surface area contributed by atoms with Crippen molar-refractivity contribution in [2.45, 2.75) is 19.4 Å². The van der Waals surface area contributed by atoms with E-state index in [1.807, 2.05) is 30.3 Å². The van der Waals surface area contributed by atoms with Crippen molar-refractivity contribution in [1.29, 1.82) is 0 Å². The van der Waals surface area contributed by atoms with Crippen molar-refractivity contribution >= 4 is 23.1 Å². The highest BCUT2D eigenvalue weighted by Gasteiger charge is 2.18. The highest BCUT2D eigenvalue weighted by atomic mass is 16.3. The number of carbonyl (C=O) groups is 1. The van der Waals surface area contributed by atoms with Gasteiger partial charge in [0, 0.05) is 37.6 Å². The fraction of sp³-hybridized carbons (Fsp3) is 0.292. The van der Waals surface area contributed by atoms with Crippen molar-refractivity contribution in [3.8, 4) is 0 Å². The first-order chi connectivity index (χ1) is 15.2. The summed E-state index contributed by atoms with van der Waals surface area (Å²) in [5.41, 5.74) is 3.34. The van der Waals surface area contributed by atoms with Crippen LogP contribution in [0.1, 0.15) is 28.9 Å². The molecule has 7 heteroatoms. The molecule has 3 N–H and O–H groups in total. The largest absolute Gasteiger partial charge is 0.396 e. The minimum Gasteiger partial charge on any atom is -0.396 e. The molecule has 0 unspecified atom stereocenters. The minimum atomic E-state index is -0.288. The lowest BCUT2D eigenvalue weighted by Crippen LogP contribution is -2.34. The summed E-state index contributed by atoms with van der Waals surface area (Å²) in [5, 5.41) is 23.5. The van der Waals surface area contributed by atoms with Crippen LogP contribution in [0.5, 0.6) is 0 Å². The van der Waals surface area contributed by atoms with E-state index in [1.165, 1.54) is 5.69 Å². The fourth-order valence-electron chi connectivity index (χ4n) is 3.66. The number of para-hydroxylation sites is 1.